The van der Waals surface area contributed by atoms with E-state index in [0.29, 0.717) is 11.4 Å². The Kier molecular flexibility index (Phi) is 4.38. The number of rotatable bonds is 5. The zero-order valence-electron chi connectivity index (χ0n) is 12.9. The van der Waals surface area contributed by atoms with Crippen LogP contribution in [0.2, 0.25) is 0 Å². The van der Waals surface area contributed by atoms with E-state index in [1.165, 1.54) is 26.0 Å². The number of methoxy groups -OCH3 is 1. The third-order valence-electron chi connectivity index (χ3n) is 3.79. The second kappa shape index (κ2) is 6.45. The minimum atomic E-state index is -3.72. The van der Waals surface area contributed by atoms with Crippen LogP contribution in [0, 0.1) is 0 Å². The second-order valence-electron chi connectivity index (χ2n) is 5.36. The van der Waals surface area contributed by atoms with Gasteiger partial charge in [0.15, 0.2) is 0 Å². The van der Waals surface area contributed by atoms with Crippen LogP contribution >= 0.6 is 0 Å². The zero-order valence-corrected chi connectivity index (χ0v) is 13.7. The van der Waals surface area contributed by atoms with Gasteiger partial charge in [-0.1, -0.05) is 12.1 Å². The van der Waals surface area contributed by atoms with Gasteiger partial charge in [-0.05, 0) is 37.1 Å². The number of para-hydroxylation sites is 1. The molecule has 0 atom stereocenters. The van der Waals surface area contributed by atoms with E-state index < -0.39 is 10.0 Å². The molecule has 3 rings (SSSR count). The van der Waals surface area contributed by atoms with E-state index in [1.807, 2.05) is 6.07 Å². The molecule has 0 aliphatic carbocycles. The molecule has 1 fully saturated rings. The maximum atomic E-state index is 12.5. The van der Waals surface area contributed by atoms with E-state index in [2.05, 4.69) is 14.6 Å². The minimum Gasteiger partial charge on any atom is -0.495 e. The van der Waals surface area contributed by atoms with Gasteiger partial charge in [0.1, 0.15) is 16.5 Å². The Morgan fingerprint density at radius 1 is 1.13 bits per heavy atom. The number of hydrogen-bond acceptors (Lipinski definition) is 5. The molecule has 1 aliphatic rings. The van der Waals surface area contributed by atoms with Crippen molar-refractivity contribution in [1.82, 2.24) is 4.98 Å². The summed E-state index contributed by atoms with van der Waals surface area (Å²) in [6, 6.07) is 10.1. The molecule has 1 aliphatic heterocycles. The van der Waals surface area contributed by atoms with Gasteiger partial charge in [-0.2, -0.15) is 0 Å². The van der Waals surface area contributed by atoms with Crippen LogP contribution in [0.5, 0.6) is 5.75 Å². The van der Waals surface area contributed by atoms with Gasteiger partial charge < -0.3 is 9.64 Å². The molecule has 2 aromatic rings. The van der Waals surface area contributed by atoms with E-state index in [1.54, 1.807) is 30.5 Å². The number of nitrogens with one attached hydrogen (secondary N) is 1. The molecule has 7 heteroatoms. The number of sulfonamides is 1. The number of anilines is 2. The van der Waals surface area contributed by atoms with Gasteiger partial charge in [-0.15, -0.1) is 0 Å². The topological polar surface area (TPSA) is 71.5 Å². The predicted molar refractivity (Wildman–Crippen MR) is 89.5 cm³/mol. The third kappa shape index (κ3) is 3.39. The molecule has 6 nitrogen and oxygen atoms in total. The van der Waals surface area contributed by atoms with E-state index in [4.69, 9.17) is 4.74 Å². The van der Waals surface area contributed by atoms with Crippen molar-refractivity contribution in [2.24, 2.45) is 0 Å². The highest BCUT2D eigenvalue weighted by atomic mass is 32.2. The summed E-state index contributed by atoms with van der Waals surface area (Å²) in [5.41, 5.74) is 0.429. The van der Waals surface area contributed by atoms with Gasteiger partial charge >= 0.3 is 0 Å². The molecule has 122 valence electrons. The molecule has 1 aromatic heterocycles. The fraction of sp³-hybridized carbons (Fsp3) is 0.312. The van der Waals surface area contributed by atoms with Gasteiger partial charge in [-0.3, -0.25) is 4.72 Å². The SMILES string of the molecule is COc1ccccc1S(=O)(=O)Nc1ccc(N2CCCC2)nc1. The van der Waals surface area contributed by atoms with Crippen LogP contribution in [-0.2, 0) is 10.0 Å². The second-order valence-corrected chi connectivity index (χ2v) is 7.01. The molecule has 1 aromatic carbocycles. The normalized spacial score (nSPS) is 14.7. The van der Waals surface area contributed by atoms with Gasteiger partial charge in [0.25, 0.3) is 10.0 Å². The monoisotopic (exact) mass is 333 g/mol. The Morgan fingerprint density at radius 3 is 2.52 bits per heavy atom. The molecule has 0 bridgehead atoms. The third-order valence-corrected chi connectivity index (χ3v) is 5.21. The van der Waals surface area contributed by atoms with Crippen molar-refractivity contribution in [3.63, 3.8) is 0 Å². The Balaban J connectivity index is 1.80. The smallest absolute Gasteiger partial charge is 0.265 e. The molecular weight excluding hydrogens is 314 g/mol. The lowest BCUT2D eigenvalue weighted by Crippen LogP contribution is -2.19. The van der Waals surface area contributed by atoms with Crippen LogP contribution in [0.1, 0.15) is 12.8 Å². The number of benzene rings is 1. The maximum Gasteiger partial charge on any atom is 0.265 e. The summed E-state index contributed by atoms with van der Waals surface area (Å²) in [6.45, 7) is 2.00. The summed E-state index contributed by atoms with van der Waals surface area (Å²) in [5.74, 6) is 1.18. The van der Waals surface area contributed by atoms with Gasteiger partial charge in [-0.25, -0.2) is 13.4 Å². The lowest BCUT2D eigenvalue weighted by molar-refractivity contribution is 0.403. The average molecular weight is 333 g/mol. The summed E-state index contributed by atoms with van der Waals surface area (Å²) in [5, 5.41) is 0. The number of ether oxygens (including phenoxy) is 1. The molecule has 1 N–H and O–H groups in total. The van der Waals surface area contributed by atoms with Crippen molar-refractivity contribution in [1.29, 1.82) is 0 Å². The number of aromatic nitrogens is 1. The highest BCUT2D eigenvalue weighted by Gasteiger charge is 2.19. The summed E-state index contributed by atoms with van der Waals surface area (Å²) in [6.07, 6.45) is 3.88. The fourth-order valence-corrected chi connectivity index (χ4v) is 3.85. The molecule has 0 amide bonds. The summed E-state index contributed by atoms with van der Waals surface area (Å²) in [7, 11) is -2.27. The first-order valence-corrected chi connectivity index (χ1v) is 8.95. The van der Waals surface area contributed by atoms with Crippen molar-refractivity contribution in [2.75, 3.05) is 29.8 Å². The Labute approximate surface area is 136 Å². The highest BCUT2D eigenvalue weighted by Crippen LogP contribution is 2.26. The van der Waals surface area contributed by atoms with Crippen LogP contribution in [0.15, 0.2) is 47.5 Å². The first-order chi connectivity index (χ1) is 11.1. The average Bonchev–Trinajstić information content (AvgIpc) is 3.09. The van der Waals surface area contributed by atoms with Crippen LogP contribution in [-0.4, -0.2) is 33.6 Å². The van der Waals surface area contributed by atoms with Crippen LogP contribution in [0.25, 0.3) is 0 Å². The number of hydrogen-bond donors (Lipinski definition) is 1. The Bertz CT molecular complexity index is 769. The van der Waals surface area contributed by atoms with Gasteiger partial charge in [0, 0.05) is 13.1 Å². The van der Waals surface area contributed by atoms with E-state index in [-0.39, 0.29) is 4.90 Å². The molecule has 0 unspecified atom stereocenters. The van der Waals surface area contributed by atoms with Crippen molar-refractivity contribution in [3.8, 4) is 5.75 Å². The molecular formula is C16H19N3O3S. The van der Waals surface area contributed by atoms with E-state index in [9.17, 15) is 8.42 Å². The fourth-order valence-electron chi connectivity index (χ4n) is 2.63. The lowest BCUT2D eigenvalue weighted by Gasteiger charge is -2.16. The minimum absolute atomic E-state index is 0.103. The first kappa shape index (κ1) is 15.6. The maximum absolute atomic E-state index is 12.5. The molecule has 23 heavy (non-hydrogen) atoms. The van der Waals surface area contributed by atoms with Crippen LogP contribution in [0.3, 0.4) is 0 Å². The van der Waals surface area contributed by atoms with Gasteiger partial charge in [0.2, 0.25) is 0 Å². The molecule has 0 spiro atoms. The molecule has 2 heterocycles. The molecule has 0 radical (unpaired) electrons. The first-order valence-electron chi connectivity index (χ1n) is 7.47. The molecule has 0 saturated carbocycles. The zero-order chi connectivity index (χ0) is 16.3. The number of pyridine rings is 1. The predicted octanol–water partition coefficient (Wildman–Crippen LogP) is 2.49. The van der Waals surface area contributed by atoms with Crippen molar-refractivity contribution < 1.29 is 13.2 Å². The quantitative estimate of drug-likeness (QED) is 0.910. The Hall–Kier alpha value is -2.28. The lowest BCUT2D eigenvalue weighted by atomic mass is 10.3. The van der Waals surface area contributed by atoms with E-state index >= 15 is 0 Å². The van der Waals surface area contributed by atoms with Crippen molar-refractivity contribution >= 4 is 21.5 Å². The highest BCUT2D eigenvalue weighted by molar-refractivity contribution is 7.92. The summed E-state index contributed by atoms with van der Waals surface area (Å²) in [4.78, 5) is 6.64. The Morgan fingerprint density at radius 2 is 1.87 bits per heavy atom. The summed E-state index contributed by atoms with van der Waals surface area (Å²) < 4.78 is 32.6. The van der Waals surface area contributed by atoms with Crippen LogP contribution < -0.4 is 14.4 Å². The number of nitrogens with zero attached hydrogens (tertiary/aromatic N) is 2. The van der Waals surface area contributed by atoms with Crippen molar-refractivity contribution in [2.45, 2.75) is 17.7 Å². The van der Waals surface area contributed by atoms with E-state index in [0.717, 1.165) is 18.9 Å². The largest absolute Gasteiger partial charge is 0.495 e. The van der Waals surface area contributed by atoms with Gasteiger partial charge in [0.05, 0.1) is 19.0 Å². The molecule has 1 saturated heterocycles. The van der Waals surface area contributed by atoms with Crippen LogP contribution in [0.4, 0.5) is 11.5 Å². The van der Waals surface area contributed by atoms with Crippen molar-refractivity contribution in [3.05, 3.63) is 42.6 Å². The standard InChI is InChI=1S/C16H19N3O3S/c1-22-14-6-2-3-7-15(14)23(20,21)18-13-8-9-16(17-12-13)19-10-4-5-11-19/h2-3,6-9,12,18H,4-5,10-11H2,1H3. The summed E-state index contributed by atoms with van der Waals surface area (Å²) >= 11 is 0.